The van der Waals surface area contributed by atoms with E-state index in [1.54, 1.807) is 0 Å². The number of aliphatic carboxylic acids is 1. The van der Waals surface area contributed by atoms with Gasteiger partial charge in [-0.3, -0.25) is 14.4 Å². The van der Waals surface area contributed by atoms with Gasteiger partial charge in [0, 0.05) is 19.3 Å². The lowest BCUT2D eigenvalue weighted by molar-refractivity contribution is -0.301. The van der Waals surface area contributed by atoms with E-state index in [9.17, 15) is 34.5 Å². The number of allylic oxidation sites excluding steroid dienone is 16. The number of esters is 3. The smallest absolute Gasteiger partial charge is 0.335 e. The number of aliphatic hydroxyl groups excluding tert-OH is 2. The highest BCUT2D eigenvalue weighted by Gasteiger charge is 2.50. The molecule has 1 saturated heterocycles. The molecule has 0 aromatic carbocycles. The maximum atomic E-state index is 13.2. The summed E-state index contributed by atoms with van der Waals surface area (Å²) in [7, 11) is 0. The average Bonchev–Trinajstić information content (AvgIpc) is 3.53. The fourth-order valence-corrected chi connectivity index (χ4v) is 9.18. The molecule has 81 heavy (non-hydrogen) atoms. The zero-order valence-corrected chi connectivity index (χ0v) is 51.0. The van der Waals surface area contributed by atoms with Crippen LogP contribution in [0.2, 0.25) is 0 Å². The molecule has 1 rings (SSSR count). The molecule has 12 heteroatoms. The van der Waals surface area contributed by atoms with Crippen LogP contribution in [0.1, 0.15) is 265 Å². The van der Waals surface area contributed by atoms with Crippen molar-refractivity contribution < 1.29 is 58.2 Å². The van der Waals surface area contributed by atoms with Crippen LogP contribution in [0, 0.1) is 0 Å². The maximum Gasteiger partial charge on any atom is 0.335 e. The molecule has 462 valence electrons. The first-order valence-corrected chi connectivity index (χ1v) is 32.2. The lowest BCUT2D eigenvalue weighted by Gasteiger charge is -2.40. The summed E-state index contributed by atoms with van der Waals surface area (Å²) in [6.45, 7) is 5.82. The molecule has 3 N–H and O–H groups in total. The van der Waals surface area contributed by atoms with Crippen LogP contribution >= 0.6 is 0 Å². The van der Waals surface area contributed by atoms with Gasteiger partial charge < -0.3 is 39.0 Å². The van der Waals surface area contributed by atoms with Gasteiger partial charge in [0.15, 0.2) is 24.6 Å². The quantitative estimate of drug-likeness (QED) is 0.0228. The molecule has 0 spiro atoms. The third kappa shape index (κ3) is 45.8. The van der Waals surface area contributed by atoms with E-state index >= 15 is 0 Å². The monoisotopic (exact) mass is 1130 g/mol. The van der Waals surface area contributed by atoms with Gasteiger partial charge in [-0.15, -0.1) is 0 Å². The molecule has 0 bridgehead atoms. The summed E-state index contributed by atoms with van der Waals surface area (Å²) in [5, 5.41) is 31.6. The molecule has 0 aromatic heterocycles. The lowest BCUT2D eigenvalue weighted by atomic mass is 9.98. The van der Waals surface area contributed by atoms with Crippen LogP contribution in [-0.4, -0.2) is 89.2 Å². The molecule has 0 amide bonds. The van der Waals surface area contributed by atoms with E-state index in [4.69, 9.17) is 23.7 Å². The molecular weight excluding hydrogens is 1020 g/mol. The molecular formula is C69H114O12. The van der Waals surface area contributed by atoms with Crippen molar-refractivity contribution in [3.63, 3.8) is 0 Å². The number of ether oxygens (including phenoxy) is 5. The van der Waals surface area contributed by atoms with E-state index in [1.807, 2.05) is 0 Å². The Morgan fingerprint density at radius 2 is 0.778 bits per heavy atom. The number of hydrogen-bond donors (Lipinski definition) is 3. The molecule has 0 aliphatic carbocycles. The number of carbonyl (C=O) groups excluding carboxylic acids is 3. The highest BCUT2D eigenvalue weighted by Crippen LogP contribution is 2.26. The van der Waals surface area contributed by atoms with Crippen molar-refractivity contribution in [2.45, 2.75) is 302 Å². The maximum absolute atomic E-state index is 13.2. The van der Waals surface area contributed by atoms with Gasteiger partial charge in [0.05, 0.1) is 6.61 Å². The predicted molar refractivity (Wildman–Crippen MR) is 331 cm³/mol. The van der Waals surface area contributed by atoms with Gasteiger partial charge in [-0.05, 0) is 122 Å². The second kappa shape index (κ2) is 56.1. The van der Waals surface area contributed by atoms with Crippen LogP contribution in [0.4, 0.5) is 0 Å². The Kier molecular flexibility index (Phi) is 51.7. The van der Waals surface area contributed by atoms with Gasteiger partial charge in [-0.1, -0.05) is 221 Å². The van der Waals surface area contributed by atoms with Gasteiger partial charge in [0.2, 0.25) is 0 Å². The van der Waals surface area contributed by atoms with Gasteiger partial charge in [-0.2, -0.15) is 0 Å². The predicted octanol–water partition coefficient (Wildman–Crippen LogP) is 17.2. The number of carboxylic acids is 1. The summed E-state index contributed by atoms with van der Waals surface area (Å²) < 4.78 is 28.5. The van der Waals surface area contributed by atoms with E-state index in [1.165, 1.54) is 38.5 Å². The molecule has 1 aliphatic heterocycles. The minimum Gasteiger partial charge on any atom is -0.479 e. The number of carboxylic acid groups (broad SMARTS) is 1. The Morgan fingerprint density at radius 1 is 0.420 bits per heavy atom. The van der Waals surface area contributed by atoms with Crippen LogP contribution in [-0.2, 0) is 42.9 Å². The lowest BCUT2D eigenvalue weighted by Crippen LogP contribution is -2.61. The van der Waals surface area contributed by atoms with Crippen molar-refractivity contribution in [1.82, 2.24) is 0 Å². The van der Waals surface area contributed by atoms with E-state index in [0.29, 0.717) is 19.3 Å². The molecule has 0 saturated carbocycles. The van der Waals surface area contributed by atoms with E-state index in [2.05, 4.69) is 118 Å². The fourth-order valence-electron chi connectivity index (χ4n) is 9.18. The van der Waals surface area contributed by atoms with Gasteiger partial charge in [0.1, 0.15) is 18.8 Å². The largest absolute Gasteiger partial charge is 0.479 e. The molecule has 0 aromatic rings. The number of rotatable bonds is 54. The van der Waals surface area contributed by atoms with Gasteiger partial charge in [0.25, 0.3) is 0 Å². The molecule has 1 aliphatic rings. The third-order valence-corrected chi connectivity index (χ3v) is 14.1. The van der Waals surface area contributed by atoms with Gasteiger partial charge in [-0.25, -0.2) is 4.79 Å². The van der Waals surface area contributed by atoms with Crippen molar-refractivity contribution in [3.05, 3.63) is 97.2 Å². The molecule has 6 atom stereocenters. The molecule has 12 nitrogen and oxygen atoms in total. The van der Waals surface area contributed by atoms with Crippen LogP contribution in [0.15, 0.2) is 97.2 Å². The highest BCUT2D eigenvalue weighted by molar-refractivity contribution is 5.74. The summed E-state index contributed by atoms with van der Waals surface area (Å²) in [6.07, 6.45) is 62.1. The van der Waals surface area contributed by atoms with Crippen molar-refractivity contribution in [3.8, 4) is 0 Å². The van der Waals surface area contributed by atoms with Crippen molar-refractivity contribution in [2.24, 2.45) is 0 Å². The minimum atomic E-state index is -1.91. The van der Waals surface area contributed by atoms with Crippen molar-refractivity contribution >= 4 is 23.9 Å². The second-order valence-electron chi connectivity index (χ2n) is 21.7. The Labute approximate surface area is 492 Å². The Bertz CT molecular complexity index is 1780. The zero-order chi connectivity index (χ0) is 58.9. The highest BCUT2D eigenvalue weighted by atomic mass is 16.7. The fraction of sp³-hybridized carbons (Fsp3) is 0.710. The molecule has 6 unspecified atom stereocenters. The SMILES string of the molecule is CC/C=C\C/C=C\C/C=C\C/C=C\CCCCCCCCC(=O)OCC(COC1OC(C(=O)O)C(O)C(O)C1OC(=O)CCCCCCCCC/C=C\C/C=C\CCCCC)OC(=O)CCCCCCC/C=C\C/C=C\CCCCC. The first-order valence-electron chi connectivity index (χ1n) is 32.2. The Balaban J connectivity index is 2.68. The third-order valence-electron chi connectivity index (χ3n) is 14.1. The summed E-state index contributed by atoms with van der Waals surface area (Å²) in [5.41, 5.74) is 0. The van der Waals surface area contributed by atoms with Crippen molar-refractivity contribution in [2.75, 3.05) is 13.2 Å². The minimum absolute atomic E-state index is 0.0449. The number of unbranched alkanes of at least 4 members (excludes halogenated alkanes) is 24. The Hall–Kier alpha value is -4.36. The van der Waals surface area contributed by atoms with Crippen LogP contribution in [0.25, 0.3) is 0 Å². The second-order valence-corrected chi connectivity index (χ2v) is 21.7. The first kappa shape index (κ1) is 74.7. The van der Waals surface area contributed by atoms with Crippen LogP contribution in [0.3, 0.4) is 0 Å². The Morgan fingerprint density at radius 3 is 1.19 bits per heavy atom. The molecule has 1 heterocycles. The molecule has 0 radical (unpaired) electrons. The van der Waals surface area contributed by atoms with E-state index in [-0.39, 0.29) is 25.9 Å². The topological polar surface area (TPSA) is 175 Å². The van der Waals surface area contributed by atoms with E-state index < -0.39 is 67.3 Å². The normalized spacial score (nSPS) is 18.4. The number of aliphatic hydroxyl groups is 2. The summed E-state index contributed by atoms with van der Waals surface area (Å²) >= 11 is 0. The summed E-state index contributed by atoms with van der Waals surface area (Å²) in [4.78, 5) is 51.3. The van der Waals surface area contributed by atoms with Crippen LogP contribution < -0.4 is 0 Å². The van der Waals surface area contributed by atoms with Gasteiger partial charge >= 0.3 is 23.9 Å². The number of carbonyl (C=O) groups is 4. The van der Waals surface area contributed by atoms with Crippen LogP contribution in [0.5, 0.6) is 0 Å². The average molecular weight is 1140 g/mol. The summed E-state index contributed by atoms with van der Waals surface area (Å²) in [5.74, 6) is -3.17. The first-order chi connectivity index (χ1) is 39.6. The summed E-state index contributed by atoms with van der Waals surface area (Å²) in [6, 6.07) is 0. The zero-order valence-electron chi connectivity index (χ0n) is 51.0. The molecule has 1 fully saturated rings. The standard InChI is InChI=1S/C69H114O12/c1-4-7-10-13-16-19-22-25-28-30-31-33-35-37-40-43-46-49-52-55-61(70)77-58-60(79-62(71)56-53-50-47-44-41-38-34-27-24-21-18-15-12-9-6-3)59-78-69-67(65(74)64(73)66(81-69)68(75)76)80-63(72)57-54-51-48-45-42-39-36-32-29-26-23-20-17-14-11-8-5-2/h7,10,16-21,25-29,31,33-34,60,64-67,69,73-74H,4-6,8-9,11-15,22-24,30,32,35-59H2,1-3H3,(H,75,76)/b10-7-,19-16-,20-17-,21-18-,28-25-,29-26-,33-31-,34-27-. The van der Waals surface area contributed by atoms with Crippen molar-refractivity contribution in [1.29, 1.82) is 0 Å². The van der Waals surface area contributed by atoms with E-state index in [0.717, 1.165) is 167 Å². The number of hydrogen-bond acceptors (Lipinski definition) is 11.